The van der Waals surface area contributed by atoms with Gasteiger partial charge in [-0.25, -0.2) is 0 Å². The number of rotatable bonds is 7. The minimum Gasteiger partial charge on any atom is -0.488 e. The van der Waals surface area contributed by atoms with Crippen LogP contribution < -0.4 is 10.1 Å². The average Bonchev–Trinajstić information content (AvgIpc) is 2.47. The molecular formula is C16H19BrN2O. The molecule has 0 aliphatic heterocycles. The molecule has 2 aromatic rings. The molecule has 1 aromatic carbocycles. The van der Waals surface area contributed by atoms with Crippen LogP contribution in [0, 0.1) is 0 Å². The van der Waals surface area contributed by atoms with E-state index in [2.05, 4.69) is 45.3 Å². The third-order valence-corrected chi connectivity index (χ3v) is 3.38. The Hall–Kier alpha value is -1.39. The van der Waals surface area contributed by atoms with Crippen molar-refractivity contribution in [2.45, 2.75) is 26.5 Å². The number of nitrogens with zero attached hydrogens (tertiary/aromatic N) is 1. The summed E-state index contributed by atoms with van der Waals surface area (Å²) in [6.07, 6.45) is 4.74. The van der Waals surface area contributed by atoms with Crippen molar-refractivity contribution in [3.63, 3.8) is 0 Å². The van der Waals surface area contributed by atoms with Crippen LogP contribution in [0.5, 0.6) is 5.75 Å². The van der Waals surface area contributed by atoms with Gasteiger partial charge in [-0.1, -0.05) is 35.0 Å². The smallest absolute Gasteiger partial charge is 0.127 e. The molecule has 1 aromatic heterocycles. The van der Waals surface area contributed by atoms with E-state index in [4.69, 9.17) is 4.74 Å². The number of hydrogen-bond acceptors (Lipinski definition) is 3. The minimum absolute atomic E-state index is 0.560. The molecule has 0 aliphatic rings. The van der Waals surface area contributed by atoms with Crippen molar-refractivity contribution in [2.75, 3.05) is 6.54 Å². The second-order valence-corrected chi connectivity index (χ2v) is 5.49. The first-order valence-electron chi connectivity index (χ1n) is 6.80. The summed E-state index contributed by atoms with van der Waals surface area (Å²) < 4.78 is 6.98. The molecule has 0 spiro atoms. The summed E-state index contributed by atoms with van der Waals surface area (Å²) in [7, 11) is 0. The summed E-state index contributed by atoms with van der Waals surface area (Å²) >= 11 is 3.47. The molecule has 4 heteroatoms. The fourth-order valence-electron chi connectivity index (χ4n) is 1.88. The molecule has 106 valence electrons. The van der Waals surface area contributed by atoms with Gasteiger partial charge in [0.1, 0.15) is 12.4 Å². The molecule has 1 heterocycles. The van der Waals surface area contributed by atoms with Crippen molar-refractivity contribution in [2.24, 2.45) is 0 Å². The Kier molecular flexibility index (Phi) is 6.02. The highest BCUT2D eigenvalue weighted by Gasteiger charge is 2.04. The van der Waals surface area contributed by atoms with Gasteiger partial charge < -0.3 is 10.1 Å². The van der Waals surface area contributed by atoms with E-state index in [1.54, 1.807) is 6.20 Å². The summed E-state index contributed by atoms with van der Waals surface area (Å²) in [4.78, 5) is 4.17. The molecule has 20 heavy (non-hydrogen) atoms. The lowest BCUT2D eigenvalue weighted by Crippen LogP contribution is -2.14. The second-order valence-electron chi connectivity index (χ2n) is 4.58. The van der Waals surface area contributed by atoms with Crippen LogP contribution in [0.2, 0.25) is 0 Å². The van der Waals surface area contributed by atoms with Gasteiger partial charge in [0.25, 0.3) is 0 Å². The monoisotopic (exact) mass is 334 g/mol. The van der Waals surface area contributed by atoms with E-state index < -0.39 is 0 Å². The molecule has 0 radical (unpaired) electrons. The van der Waals surface area contributed by atoms with Crippen LogP contribution in [0.4, 0.5) is 0 Å². The number of aromatic nitrogens is 1. The SMILES string of the molecule is CCCNCc1cnccc1OCc1cccc(Br)c1. The van der Waals surface area contributed by atoms with Crippen molar-refractivity contribution >= 4 is 15.9 Å². The Morgan fingerprint density at radius 1 is 1.30 bits per heavy atom. The molecule has 0 amide bonds. The van der Waals surface area contributed by atoms with Gasteiger partial charge in [0.2, 0.25) is 0 Å². The zero-order chi connectivity index (χ0) is 14.2. The topological polar surface area (TPSA) is 34.2 Å². The maximum absolute atomic E-state index is 5.91. The van der Waals surface area contributed by atoms with Crippen molar-refractivity contribution in [3.8, 4) is 5.75 Å². The van der Waals surface area contributed by atoms with E-state index in [1.165, 1.54) is 0 Å². The summed E-state index contributed by atoms with van der Waals surface area (Å²) in [5.74, 6) is 0.892. The lowest BCUT2D eigenvalue weighted by Gasteiger charge is -2.11. The van der Waals surface area contributed by atoms with E-state index in [1.807, 2.05) is 24.4 Å². The molecule has 2 rings (SSSR count). The predicted molar refractivity (Wildman–Crippen MR) is 84.7 cm³/mol. The zero-order valence-corrected chi connectivity index (χ0v) is 13.2. The fourth-order valence-corrected chi connectivity index (χ4v) is 2.32. The summed E-state index contributed by atoms with van der Waals surface area (Å²) in [5, 5.41) is 3.37. The van der Waals surface area contributed by atoms with Crippen molar-refractivity contribution in [1.82, 2.24) is 10.3 Å². The summed E-state index contributed by atoms with van der Waals surface area (Å²) in [6, 6.07) is 10.1. The number of ether oxygens (including phenoxy) is 1. The van der Waals surface area contributed by atoms with E-state index >= 15 is 0 Å². The van der Waals surface area contributed by atoms with Crippen molar-refractivity contribution in [1.29, 1.82) is 0 Å². The number of nitrogens with one attached hydrogen (secondary N) is 1. The van der Waals surface area contributed by atoms with E-state index in [-0.39, 0.29) is 0 Å². The maximum Gasteiger partial charge on any atom is 0.127 e. The van der Waals surface area contributed by atoms with Crippen LogP contribution in [0.3, 0.4) is 0 Å². The molecule has 0 unspecified atom stereocenters. The van der Waals surface area contributed by atoms with Gasteiger partial charge in [0.15, 0.2) is 0 Å². The fraction of sp³-hybridized carbons (Fsp3) is 0.312. The third-order valence-electron chi connectivity index (χ3n) is 2.88. The van der Waals surface area contributed by atoms with Crippen molar-refractivity contribution < 1.29 is 4.74 Å². The Morgan fingerprint density at radius 2 is 2.20 bits per heavy atom. The second kappa shape index (κ2) is 8.02. The molecule has 3 nitrogen and oxygen atoms in total. The molecular weight excluding hydrogens is 316 g/mol. The molecule has 0 saturated heterocycles. The minimum atomic E-state index is 0.560. The first kappa shape index (κ1) is 15.0. The van der Waals surface area contributed by atoms with E-state index in [0.717, 1.165) is 40.9 Å². The molecule has 0 atom stereocenters. The number of benzene rings is 1. The van der Waals surface area contributed by atoms with Crippen LogP contribution in [-0.4, -0.2) is 11.5 Å². The van der Waals surface area contributed by atoms with Crippen LogP contribution in [0.25, 0.3) is 0 Å². The average molecular weight is 335 g/mol. The Balaban J connectivity index is 1.98. The van der Waals surface area contributed by atoms with Crippen molar-refractivity contribution in [3.05, 3.63) is 58.3 Å². The highest BCUT2D eigenvalue weighted by molar-refractivity contribution is 9.10. The van der Waals surface area contributed by atoms with Gasteiger partial charge in [-0.15, -0.1) is 0 Å². The Labute approximate surface area is 128 Å². The largest absolute Gasteiger partial charge is 0.488 e. The number of pyridine rings is 1. The Morgan fingerprint density at radius 3 is 3.00 bits per heavy atom. The normalized spacial score (nSPS) is 10.5. The Bertz CT molecular complexity index is 546. The maximum atomic E-state index is 5.91. The van der Waals surface area contributed by atoms with Gasteiger partial charge in [0, 0.05) is 29.0 Å². The molecule has 0 saturated carbocycles. The van der Waals surface area contributed by atoms with Crippen LogP contribution in [0.1, 0.15) is 24.5 Å². The van der Waals surface area contributed by atoms with Crippen LogP contribution in [-0.2, 0) is 13.2 Å². The first-order chi connectivity index (χ1) is 9.79. The molecule has 0 bridgehead atoms. The van der Waals surface area contributed by atoms with Crippen LogP contribution in [0.15, 0.2) is 47.2 Å². The zero-order valence-electron chi connectivity index (χ0n) is 11.6. The van der Waals surface area contributed by atoms with Gasteiger partial charge in [-0.05, 0) is 36.7 Å². The quantitative estimate of drug-likeness (QED) is 0.779. The highest BCUT2D eigenvalue weighted by atomic mass is 79.9. The first-order valence-corrected chi connectivity index (χ1v) is 7.59. The van der Waals surface area contributed by atoms with Gasteiger partial charge in [-0.3, -0.25) is 4.98 Å². The van der Waals surface area contributed by atoms with Gasteiger partial charge in [0.05, 0.1) is 0 Å². The van der Waals surface area contributed by atoms with Crippen LogP contribution >= 0.6 is 15.9 Å². The number of halogens is 1. The predicted octanol–water partition coefficient (Wildman–Crippen LogP) is 3.92. The molecule has 0 aliphatic carbocycles. The van der Waals surface area contributed by atoms with E-state index in [9.17, 15) is 0 Å². The highest BCUT2D eigenvalue weighted by Crippen LogP contribution is 2.19. The lowest BCUT2D eigenvalue weighted by atomic mass is 10.2. The summed E-state index contributed by atoms with van der Waals surface area (Å²) in [5.41, 5.74) is 2.24. The number of hydrogen-bond donors (Lipinski definition) is 1. The molecule has 0 fully saturated rings. The van der Waals surface area contributed by atoms with Gasteiger partial charge in [-0.2, -0.15) is 0 Å². The third kappa shape index (κ3) is 4.62. The molecule has 1 N–H and O–H groups in total. The lowest BCUT2D eigenvalue weighted by molar-refractivity contribution is 0.301. The summed E-state index contributed by atoms with van der Waals surface area (Å²) in [6.45, 7) is 4.50. The van der Waals surface area contributed by atoms with E-state index in [0.29, 0.717) is 6.61 Å². The van der Waals surface area contributed by atoms with Gasteiger partial charge >= 0.3 is 0 Å². The standard InChI is InChI=1S/C16H19BrN2O/c1-2-7-18-10-14-11-19-8-6-16(14)20-12-13-4-3-5-15(17)9-13/h3-6,8-9,11,18H,2,7,10,12H2,1H3.